The lowest BCUT2D eigenvalue weighted by Gasteiger charge is -2.28. The average Bonchev–Trinajstić information content (AvgIpc) is 2.73. The summed E-state index contributed by atoms with van der Waals surface area (Å²) < 4.78 is 0. The van der Waals surface area contributed by atoms with E-state index in [0.717, 1.165) is 23.1 Å². The Morgan fingerprint density at radius 2 is 1.81 bits per heavy atom. The molecule has 1 aliphatic carbocycles. The third kappa shape index (κ3) is 3.66. The average molecular weight is 241 g/mol. The van der Waals surface area contributed by atoms with Gasteiger partial charge in [0.1, 0.15) is 0 Å². The van der Waals surface area contributed by atoms with Crippen molar-refractivity contribution in [1.82, 2.24) is 5.32 Å². The molecule has 1 heterocycles. The third-order valence-corrected chi connectivity index (χ3v) is 5.79. The second-order valence-electron chi connectivity index (χ2n) is 5.78. The Morgan fingerprint density at radius 3 is 2.38 bits per heavy atom. The smallest absolute Gasteiger partial charge is 0.0168 e. The molecule has 0 bridgehead atoms. The lowest BCUT2D eigenvalue weighted by Crippen LogP contribution is -2.34. The van der Waals surface area contributed by atoms with Crippen molar-refractivity contribution in [3.63, 3.8) is 0 Å². The van der Waals surface area contributed by atoms with E-state index in [2.05, 4.69) is 30.9 Å². The van der Waals surface area contributed by atoms with Crippen molar-refractivity contribution in [3.05, 3.63) is 0 Å². The van der Waals surface area contributed by atoms with Gasteiger partial charge in [0.2, 0.25) is 0 Å². The molecule has 16 heavy (non-hydrogen) atoms. The Hall–Kier alpha value is 0.310. The summed E-state index contributed by atoms with van der Waals surface area (Å²) in [6, 6.07) is 0.809. The largest absolute Gasteiger partial charge is 0.313 e. The molecule has 0 spiro atoms. The van der Waals surface area contributed by atoms with Gasteiger partial charge in [-0.2, -0.15) is 11.8 Å². The van der Waals surface area contributed by atoms with E-state index in [1.807, 2.05) is 0 Å². The topological polar surface area (TPSA) is 12.0 Å². The van der Waals surface area contributed by atoms with Crippen LogP contribution in [0.5, 0.6) is 0 Å². The van der Waals surface area contributed by atoms with Crippen LogP contribution in [-0.4, -0.2) is 23.6 Å². The highest BCUT2D eigenvalue weighted by Gasteiger charge is 2.24. The molecule has 1 aliphatic heterocycles. The second-order valence-corrected chi connectivity index (χ2v) is 7.25. The Bertz CT molecular complexity index is 199. The maximum atomic E-state index is 3.79. The number of rotatable bonds is 4. The normalized spacial score (nSPS) is 40.1. The fraction of sp³-hybridized carbons (Fsp3) is 1.00. The van der Waals surface area contributed by atoms with Crippen molar-refractivity contribution in [2.75, 3.05) is 12.3 Å². The maximum absolute atomic E-state index is 3.79. The molecule has 2 atom stereocenters. The van der Waals surface area contributed by atoms with Gasteiger partial charge in [-0.3, -0.25) is 0 Å². The summed E-state index contributed by atoms with van der Waals surface area (Å²) in [7, 11) is 0. The Labute approximate surface area is 105 Å². The second kappa shape index (κ2) is 6.30. The Balaban J connectivity index is 1.60. The quantitative estimate of drug-likeness (QED) is 0.805. The number of nitrogens with one attached hydrogen (secondary N) is 1. The van der Waals surface area contributed by atoms with Crippen LogP contribution in [0.4, 0.5) is 0 Å². The summed E-state index contributed by atoms with van der Waals surface area (Å²) >= 11 is 2.13. The molecule has 2 unspecified atom stereocenters. The highest BCUT2D eigenvalue weighted by atomic mass is 32.2. The lowest BCUT2D eigenvalue weighted by molar-refractivity contribution is 0.258. The molecule has 2 rings (SSSR count). The third-order valence-electron chi connectivity index (χ3n) is 4.44. The first-order chi connectivity index (χ1) is 7.78. The summed E-state index contributed by atoms with van der Waals surface area (Å²) in [6.45, 7) is 5.99. The fourth-order valence-corrected chi connectivity index (χ4v) is 4.32. The van der Waals surface area contributed by atoms with E-state index in [-0.39, 0.29) is 0 Å². The molecule has 1 N–H and O–H groups in total. The van der Waals surface area contributed by atoms with Gasteiger partial charge in [-0.1, -0.05) is 33.1 Å². The first kappa shape index (κ1) is 12.8. The fourth-order valence-electron chi connectivity index (χ4n) is 3.14. The van der Waals surface area contributed by atoms with Gasteiger partial charge in [0.25, 0.3) is 0 Å². The summed E-state index contributed by atoms with van der Waals surface area (Å²) in [5.41, 5.74) is 0. The molecule has 0 aromatic heterocycles. The first-order valence-corrected chi connectivity index (χ1v) is 8.17. The molecule has 0 radical (unpaired) electrons. The molecule has 1 saturated carbocycles. The van der Waals surface area contributed by atoms with E-state index >= 15 is 0 Å². The molecule has 1 saturated heterocycles. The number of hydrogen-bond donors (Lipinski definition) is 1. The molecule has 1 nitrogen and oxygen atoms in total. The van der Waals surface area contributed by atoms with Gasteiger partial charge in [0.05, 0.1) is 0 Å². The van der Waals surface area contributed by atoms with E-state index in [1.165, 1.54) is 50.8 Å². The van der Waals surface area contributed by atoms with Crippen LogP contribution in [0.25, 0.3) is 0 Å². The molecular weight excluding hydrogens is 214 g/mol. The van der Waals surface area contributed by atoms with Gasteiger partial charge >= 0.3 is 0 Å². The zero-order valence-corrected chi connectivity index (χ0v) is 11.7. The molecule has 2 fully saturated rings. The van der Waals surface area contributed by atoms with Crippen LogP contribution in [0.3, 0.4) is 0 Å². The number of thioether (sulfide) groups is 1. The lowest BCUT2D eigenvalue weighted by atomic mass is 9.81. The molecule has 2 heteroatoms. The SMILES string of the molecule is CCC1CCC(CNC2CSC(C)C2)CC1. The van der Waals surface area contributed by atoms with Crippen LogP contribution in [0, 0.1) is 11.8 Å². The predicted octanol–water partition coefficient (Wildman–Crippen LogP) is 3.69. The van der Waals surface area contributed by atoms with Crippen molar-refractivity contribution >= 4 is 11.8 Å². The molecule has 0 aromatic rings. The summed E-state index contributed by atoms with van der Waals surface area (Å²) in [6.07, 6.45) is 8.70. The van der Waals surface area contributed by atoms with Crippen LogP contribution in [0.15, 0.2) is 0 Å². The maximum Gasteiger partial charge on any atom is 0.0168 e. The highest BCUT2D eigenvalue weighted by Crippen LogP contribution is 2.31. The van der Waals surface area contributed by atoms with Crippen molar-refractivity contribution in [2.45, 2.75) is 63.7 Å². The van der Waals surface area contributed by atoms with Crippen molar-refractivity contribution < 1.29 is 0 Å². The Kier molecular flexibility index (Phi) is 5.02. The monoisotopic (exact) mass is 241 g/mol. The van der Waals surface area contributed by atoms with Crippen molar-refractivity contribution in [2.24, 2.45) is 11.8 Å². The summed E-state index contributed by atoms with van der Waals surface area (Å²) in [4.78, 5) is 0. The van der Waals surface area contributed by atoms with Gasteiger partial charge < -0.3 is 5.32 Å². The van der Waals surface area contributed by atoms with Crippen LogP contribution < -0.4 is 5.32 Å². The summed E-state index contributed by atoms with van der Waals surface area (Å²) in [5.74, 6) is 3.35. The first-order valence-electron chi connectivity index (χ1n) is 7.13. The molecule has 2 aliphatic rings. The van der Waals surface area contributed by atoms with Gasteiger partial charge in [0.15, 0.2) is 0 Å². The van der Waals surface area contributed by atoms with Crippen LogP contribution in [0.1, 0.15) is 52.4 Å². The minimum absolute atomic E-state index is 0.809. The molecule has 0 aromatic carbocycles. The van der Waals surface area contributed by atoms with Gasteiger partial charge in [0, 0.05) is 17.0 Å². The van der Waals surface area contributed by atoms with Crippen molar-refractivity contribution in [3.8, 4) is 0 Å². The predicted molar refractivity (Wildman–Crippen MR) is 74.1 cm³/mol. The van der Waals surface area contributed by atoms with E-state index in [1.54, 1.807) is 0 Å². The van der Waals surface area contributed by atoms with E-state index in [9.17, 15) is 0 Å². The van der Waals surface area contributed by atoms with Gasteiger partial charge in [-0.05, 0) is 37.6 Å². The van der Waals surface area contributed by atoms with Gasteiger partial charge in [-0.15, -0.1) is 0 Å². The summed E-state index contributed by atoms with van der Waals surface area (Å²) in [5, 5.41) is 4.68. The molecule has 0 amide bonds. The van der Waals surface area contributed by atoms with Crippen LogP contribution in [-0.2, 0) is 0 Å². The Morgan fingerprint density at radius 1 is 1.12 bits per heavy atom. The highest BCUT2D eigenvalue weighted by molar-refractivity contribution is 8.00. The number of hydrogen-bond acceptors (Lipinski definition) is 2. The standard InChI is InChI=1S/C14H27NS/c1-3-12-4-6-13(7-5-12)9-15-14-8-11(2)16-10-14/h11-15H,3-10H2,1-2H3. The van der Waals surface area contributed by atoms with Crippen LogP contribution >= 0.6 is 11.8 Å². The van der Waals surface area contributed by atoms with Crippen LogP contribution in [0.2, 0.25) is 0 Å². The zero-order chi connectivity index (χ0) is 11.4. The van der Waals surface area contributed by atoms with Gasteiger partial charge in [-0.25, -0.2) is 0 Å². The van der Waals surface area contributed by atoms with E-state index in [4.69, 9.17) is 0 Å². The van der Waals surface area contributed by atoms with E-state index in [0.29, 0.717) is 0 Å². The zero-order valence-electron chi connectivity index (χ0n) is 10.9. The minimum atomic E-state index is 0.809. The van der Waals surface area contributed by atoms with Crippen molar-refractivity contribution in [1.29, 1.82) is 0 Å². The minimum Gasteiger partial charge on any atom is -0.313 e. The van der Waals surface area contributed by atoms with E-state index < -0.39 is 0 Å². The molecule has 94 valence electrons. The molecular formula is C14H27NS.